The summed E-state index contributed by atoms with van der Waals surface area (Å²) in [5.41, 5.74) is 3.57. The number of rotatable bonds is 10. The number of benzene rings is 2. The molecule has 34 heavy (non-hydrogen) atoms. The van der Waals surface area contributed by atoms with Gasteiger partial charge in [0, 0.05) is 23.9 Å². The van der Waals surface area contributed by atoms with Crippen LogP contribution in [0.2, 0.25) is 0 Å². The number of nitrogens with zero attached hydrogens (tertiary/aromatic N) is 2. The van der Waals surface area contributed by atoms with Gasteiger partial charge in [-0.2, -0.15) is 16.9 Å². The van der Waals surface area contributed by atoms with E-state index in [9.17, 15) is 9.59 Å². The van der Waals surface area contributed by atoms with Crippen molar-refractivity contribution < 1.29 is 14.0 Å². The summed E-state index contributed by atoms with van der Waals surface area (Å²) >= 11 is 1.62. The van der Waals surface area contributed by atoms with Gasteiger partial charge in [-0.05, 0) is 42.7 Å². The Kier molecular flexibility index (Phi) is 7.83. The van der Waals surface area contributed by atoms with E-state index in [0.29, 0.717) is 6.42 Å². The van der Waals surface area contributed by atoms with Crippen LogP contribution in [0, 0.1) is 0 Å². The molecule has 0 aliphatic rings. The van der Waals surface area contributed by atoms with Gasteiger partial charge >= 0.3 is 0 Å². The summed E-state index contributed by atoms with van der Waals surface area (Å²) in [5.74, 6) is 0.253. The highest BCUT2D eigenvalue weighted by molar-refractivity contribution is 7.98. The highest BCUT2D eigenvalue weighted by atomic mass is 32.2. The van der Waals surface area contributed by atoms with Crippen molar-refractivity contribution >= 4 is 23.6 Å². The Morgan fingerprint density at radius 3 is 2.44 bits per heavy atom. The molecule has 174 valence electrons. The molecule has 4 rings (SSSR count). The van der Waals surface area contributed by atoms with Crippen molar-refractivity contribution in [1.29, 1.82) is 0 Å². The standard InChI is InChI=1S/C26H26N4O3S/c1-34-16-14-22(28-26(32)23-13-8-15-33-23)25(31)27-17-20-18-30(21-11-6-3-7-12-21)29-24(20)19-9-4-2-5-10-19/h2-13,15,18,22H,14,16-17H2,1H3,(H,27,31)(H,28,32). The lowest BCUT2D eigenvalue weighted by molar-refractivity contribution is -0.123. The first-order chi connectivity index (χ1) is 16.7. The maximum atomic E-state index is 13.1. The molecule has 1 atom stereocenters. The molecule has 2 aromatic heterocycles. The van der Waals surface area contributed by atoms with E-state index in [1.807, 2.05) is 77.8 Å². The smallest absolute Gasteiger partial charge is 0.287 e. The van der Waals surface area contributed by atoms with Gasteiger partial charge in [0.25, 0.3) is 5.91 Å². The molecule has 1 unspecified atom stereocenters. The van der Waals surface area contributed by atoms with Crippen LogP contribution in [0.25, 0.3) is 16.9 Å². The molecule has 2 heterocycles. The highest BCUT2D eigenvalue weighted by Gasteiger charge is 2.23. The third-order valence-electron chi connectivity index (χ3n) is 5.29. The van der Waals surface area contributed by atoms with Crippen LogP contribution in [0.4, 0.5) is 0 Å². The van der Waals surface area contributed by atoms with Crippen molar-refractivity contribution in [3.63, 3.8) is 0 Å². The highest BCUT2D eigenvalue weighted by Crippen LogP contribution is 2.23. The summed E-state index contributed by atoms with van der Waals surface area (Å²) in [6.45, 7) is 0.280. The van der Waals surface area contributed by atoms with Crippen LogP contribution < -0.4 is 10.6 Å². The second-order valence-electron chi connectivity index (χ2n) is 7.65. The summed E-state index contributed by atoms with van der Waals surface area (Å²) in [7, 11) is 0. The fourth-order valence-electron chi connectivity index (χ4n) is 3.54. The molecule has 0 fully saturated rings. The average Bonchev–Trinajstić information content (AvgIpc) is 3.57. The Morgan fingerprint density at radius 2 is 1.76 bits per heavy atom. The van der Waals surface area contributed by atoms with Crippen molar-refractivity contribution in [2.24, 2.45) is 0 Å². The Balaban J connectivity index is 1.52. The number of para-hydroxylation sites is 1. The zero-order valence-corrected chi connectivity index (χ0v) is 19.6. The van der Waals surface area contributed by atoms with Gasteiger partial charge in [0.1, 0.15) is 6.04 Å². The first-order valence-electron chi connectivity index (χ1n) is 11.0. The quantitative estimate of drug-likeness (QED) is 0.358. The number of carbonyl (C=O) groups excluding carboxylic acids is 2. The van der Waals surface area contributed by atoms with Gasteiger partial charge in [0.2, 0.25) is 5.91 Å². The Labute approximate surface area is 202 Å². The molecule has 4 aromatic rings. The van der Waals surface area contributed by atoms with Crippen LogP contribution in [-0.2, 0) is 11.3 Å². The summed E-state index contributed by atoms with van der Waals surface area (Å²) in [6.07, 6.45) is 5.83. The second-order valence-corrected chi connectivity index (χ2v) is 8.64. The zero-order valence-electron chi connectivity index (χ0n) is 18.8. The van der Waals surface area contributed by atoms with E-state index >= 15 is 0 Å². The molecule has 0 saturated carbocycles. The lowest BCUT2D eigenvalue weighted by Gasteiger charge is -2.17. The molecule has 0 bridgehead atoms. The maximum absolute atomic E-state index is 13.1. The fraction of sp³-hybridized carbons (Fsp3) is 0.192. The van der Waals surface area contributed by atoms with E-state index in [-0.39, 0.29) is 18.2 Å². The minimum absolute atomic E-state index is 0.178. The van der Waals surface area contributed by atoms with Crippen LogP contribution in [0.3, 0.4) is 0 Å². The summed E-state index contributed by atoms with van der Waals surface area (Å²) in [5, 5.41) is 10.6. The Hall–Kier alpha value is -3.78. The van der Waals surface area contributed by atoms with E-state index in [2.05, 4.69) is 10.6 Å². The van der Waals surface area contributed by atoms with E-state index in [1.54, 1.807) is 23.9 Å². The van der Waals surface area contributed by atoms with Gasteiger partial charge in [-0.1, -0.05) is 48.5 Å². The number of amides is 2. The molecule has 2 aromatic carbocycles. The summed E-state index contributed by atoms with van der Waals surface area (Å²) < 4.78 is 6.97. The van der Waals surface area contributed by atoms with E-state index in [0.717, 1.165) is 28.3 Å². The van der Waals surface area contributed by atoms with E-state index in [1.165, 1.54) is 6.26 Å². The van der Waals surface area contributed by atoms with Crippen LogP contribution in [0.5, 0.6) is 0 Å². The monoisotopic (exact) mass is 474 g/mol. The van der Waals surface area contributed by atoms with Gasteiger partial charge in [-0.3, -0.25) is 9.59 Å². The number of thioether (sulfide) groups is 1. The SMILES string of the molecule is CSCCC(NC(=O)c1ccco1)C(=O)NCc1cn(-c2ccccc2)nc1-c1ccccc1. The topological polar surface area (TPSA) is 89.2 Å². The molecule has 8 heteroatoms. The van der Waals surface area contributed by atoms with Crippen LogP contribution in [0.1, 0.15) is 22.5 Å². The fourth-order valence-corrected chi connectivity index (χ4v) is 4.01. The number of hydrogen-bond acceptors (Lipinski definition) is 5. The maximum Gasteiger partial charge on any atom is 0.287 e. The van der Waals surface area contributed by atoms with Crippen molar-refractivity contribution in [3.8, 4) is 16.9 Å². The second kappa shape index (κ2) is 11.4. The lowest BCUT2D eigenvalue weighted by atomic mass is 10.1. The van der Waals surface area contributed by atoms with Gasteiger partial charge in [-0.15, -0.1) is 0 Å². The van der Waals surface area contributed by atoms with Crippen molar-refractivity contribution in [3.05, 3.63) is 96.6 Å². The van der Waals surface area contributed by atoms with Crippen LogP contribution >= 0.6 is 11.8 Å². The minimum Gasteiger partial charge on any atom is -0.459 e. The largest absolute Gasteiger partial charge is 0.459 e. The lowest BCUT2D eigenvalue weighted by Crippen LogP contribution is -2.46. The number of aromatic nitrogens is 2. The Morgan fingerprint density at radius 1 is 1.03 bits per heavy atom. The van der Waals surface area contributed by atoms with Gasteiger partial charge in [0.05, 0.1) is 17.6 Å². The molecule has 0 saturated heterocycles. The molecule has 2 amide bonds. The first kappa shape index (κ1) is 23.4. The Bertz CT molecular complexity index is 1210. The number of furan rings is 1. The molecular weight excluding hydrogens is 448 g/mol. The predicted octanol–water partition coefficient (Wildman–Crippen LogP) is 4.30. The molecular formula is C26H26N4O3S. The van der Waals surface area contributed by atoms with Gasteiger partial charge in [-0.25, -0.2) is 4.68 Å². The number of nitrogens with one attached hydrogen (secondary N) is 2. The number of carbonyl (C=O) groups is 2. The van der Waals surface area contributed by atoms with Crippen LogP contribution in [0.15, 0.2) is 89.7 Å². The first-order valence-corrected chi connectivity index (χ1v) is 12.4. The van der Waals surface area contributed by atoms with E-state index in [4.69, 9.17) is 9.52 Å². The van der Waals surface area contributed by atoms with Gasteiger partial charge < -0.3 is 15.1 Å². The number of hydrogen-bond donors (Lipinski definition) is 2. The minimum atomic E-state index is -0.672. The molecule has 0 radical (unpaired) electrons. The molecule has 0 aliphatic carbocycles. The van der Waals surface area contributed by atoms with Crippen molar-refractivity contribution in [2.75, 3.05) is 12.0 Å². The van der Waals surface area contributed by atoms with Gasteiger partial charge in [0.15, 0.2) is 5.76 Å². The predicted molar refractivity (Wildman–Crippen MR) is 134 cm³/mol. The van der Waals surface area contributed by atoms with E-state index < -0.39 is 11.9 Å². The molecule has 0 aliphatic heterocycles. The molecule has 7 nitrogen and oxygen atoms in total. The normalized spacial score (nSPS) is 11.7. The van der Waals surface area contributed by atoms with Crippen molar-refractivity contribution in [1.82, 2.24) is 20.4 Å². The zero-order chi connectivity index (χ0) is 23.8. The molecule has 0 spiro atoms. The third kappa shape index (κ3) is 5.77. The third-order valence-corrected chi connectivity index (χ3v) is 5.93. The summed E-state index contributed by atoms with van der Waals surface area (Å²) in [6, 6.07) is 22.2. The average molecular weight is 475 g/mol. The summed E-state index contributed by atoms with van der Waals surface area (Å²) in [4.78, 5) is 25.5. The molecule has 2 N–H and O–H groups in total. The van der Waals surface area contributed by atoms with Crippen molar-refractivity contribution in [2.45, 2.75) is 19.0 Å². The van der Waals surface area contributed by atoms with Crippen LogP contribution in [-0.4, -0.2) is 39.6 Å².